The van der Waals surface area contributed by atoms with Gasteiger partial charge in [-0.25, -0.2) is 9.97 Å². The van der Waals surface area contributed by atoms with Gasteiger partial charge in [-0.05, 0) is 60.4 Å². The van der Waals surface area contributed by atoms with E-state index in [4.69, 9.17) is 14.7 Å². The minimum atomic E-state index is 0.248. The van der Waals surface area contributed by atoms with Crippen LogP contribution in [-0.4, -0.2) is 22.1 Å². The lowest BCUT2D eigenvalue weighted by Crippen LogP contribution is -2.17. The molecule has 0 saturated carbocycles. The van der Waals surface area contributed by atoms with Crippen LogP contribution in [0.25, 0.3) is 28.0 Å². The van der Waals surface area contributed by atoms with Crippen molar-refractivity contribution in [2.45, 2.75) is 18.9 Å². The summed E-state index contributed by atoms with van der Waals surface area (Å²) in [6, 6.07) is 26.7. The first-order valence-electron chi connectivity index (χ1n) is 12.4. The van der Waals surface area contributed by atoms with Crippen molar-refractivity contribution in [2.24, 2.45) is 0 Å². The van der Waals surface area contributed by atoms with Crippen LogP contribution in [0.1, 0.15) is 29.2 Å². The third-order valence-corrected chi connectivity index (χ3v) is 6.81. The number of methoxy groups -OCH3 is 1. The molecule has 1 atom stereocenters. The van der Waals surface area contributed by atoms with Crippen molar-refractivity contribution in [3.05, 3.63) is 115 Å². The van der Waals surface area contributed by atoms with Gasteiger partial charge >= 0.3 is 0 Å². The van der Waals surface area contributed by atoms with Crippen LogP contribution in [0.2, 0.25) is 0 Å². The molecule has 0 amide bonds. The Balaban J connectivity index is 1.37. The number of aromatic nitrogens is 3. The molecule has 0 radical (unpaired) electrons. The molecule has 2 heterocycles. The number of nitrogens with one attached hydrogen (secondary N) is 2. The first kappa shape index (κ1) is 22.7. The number of hydrogen-bond donors (Lipinski definition) is 2. The van der Waals surface area contributed by atoms with Crippen molar-refractivity contribution in [3.63, 3.8) is 0 Å². The SMILES string of the molecule is C=C(NC1CCc2ccccc21)c1ccccc1Nc1nc(-c2cccnc2)nc2ccc(OC)cc12. The van der Waals surface area contributed by atoms with Crippen molar-refractivity contribution in [3.8, 4) is 17.1 Å². The normalized spacial score (nSPS) is 14.2. The molecule has 0 fully saturated rings. The first-order valence-corrected chi connectivity index (χ1v) is 12.4. The summed E-state index contributed by atoms with van der Waals surface area (Å²) in [7, 11) is 1.66. The molecule has 37 heavy (non-hydrogen) atoms. The van der Waals surface area contributed by atoms with E-state index >= 15 is 0 Å². The zero-order valence-electron chi connectivity index (χ0n) is 20.6. The smallest absolute Gasteiger partial charge is 0.163 e. The van der Waals surface area contributed by atoms with E-state index in [-0.39, 0.29) is 6.04 Å². The molecule has 6 nitrogen and oxygen atoms in total. The molecule has 2 aromatic heterocycles. The molecular weight excluding hydrogens is 458 g/mol. The van der Waals surface area contributed by atoms with Gasteiger partial charge in [-0.15, -0.1) is 0 Å². The van der Waals surface area contributed by atoms with Gasteiger partial charge in [-0.2, -0.15) is 0 Å². The predicted octanol–water partition coefficient (Wildman–Crippen LogP) is 6.69. The maximum Gasteiger partial charge on any atom is 0.163 e. The highest BCUT2D eigenvalue weighted by atomic mass is 16.5. The summed E-state index contributed by atoms with van der Waals surface area (Å²) in [5.41, 5.74) is 7.19. The summed E-state index contributed by atoms with van der Waals surface area (Å²) in [5, 5.41) is 8.11. The molecule has 0 aliphatic heterocycles. The number of nitrogens with zero attached hydrogens (tertiary/aromatic N) is 3. The number of fused-ring (bicyclic) bond motifs is 2. The van der Waals surface area contributed by atoms with E-state index in [0.29, 0.717) is 11.6 Å². The van der Waals surface area contributed by atoms with Crippen LogP contribution in [0, 0.1) is 0 Å². The van der Waals surface area contributed by atoms with Gasteiger partial charge in [0.25, 0.3) is 0 Å². The lowest BCUT2D eigenvalue weighted by Gasteiger charge is -2.20. The molecule has 1 aliphatic rings. The number of benzene rings is 3. The van der Waals surface area contributed by atoms with Gasteiger partial charge in [-0.3, -0.25) is 4.98 Å². The average Bonchev–Trinajstić information content (AvgIpc) is 3.36. The van der Waals surface area contributed by atoms with Crippen molar-refractivity contribution in [1.82, 2.24) is 20.3 Å². The van der Waals surface area contributed by atoms with Crippen LogP contribution in [0.5, 0.6) is 5.75 Å². The molecule has 3 aromatic carbocycles. The average molecular weight is 486 g/mol. The van der Waals surface area contributed by atoms with Crippen molar-refractivity contribution in [2.75, 3.05) is 12.4 Å². The zero-order chi connectivity index (χ0) is 25.2. The van der Waals surface area contributed by atoms with E-state index in [1.807, 2.05) is 48.5 Å². The number of hydrogen-bond acceptors (Lipinski definition) is 6. The number of anilines is 2. The molecule has 0 bridgehead atoms. The van der Waals surface area contributed by atoms with Crippen LogP contribution in [0.15, 0.2) is 97.8 Å². The van der Waals surface area contributed by atoms with Crippen LogP contribution in [-0.2, 0) is 6.42 Å². The fourth-order valence-corrected chi connectivity index (χ4v) is 4.93. The van der Waals surface area contributed by atoms with Gasteiger partial charge in [0.15, 0.2) is 5.82 Å². The summed E-state index contributed by atoms with van der Waals surface area (Å²) >= 11 is 0. The second-order valence-corrected chi connectivity index (χ2v) is 9.10. The summed E-state index contributed by atoms with van der Waals surface area (Å²) < 4.78 is 5.49. The molecule has 0 saturated heterocycles. The fraction of sp³-hybridized carbons (Fsp3) is 0.129. The van der Waals surface area contributed by atoms with Gasteiger partial charge < -0.3 is 15.4 Å². The number of aryl methyl sites for hydroxylation is 1. The van der Waals surface area contributed by atoms with E-state index in [2.05, 4.69) is 52.5 Å². The van der Waals surface area contributed by atoms with E-state index in [1.54, 1.807) is 19.5 Å². The van der Waals surface area contributed by atoms with Gasteiger partial charge in [0, 0.05) is 40.3 Å². The number of ether oxygens (including phenoxy) is 1. The van der Waals surface area contributed by atoms with Gasteiger partial charge in [-0.1, -0.05) is 49.0 Å². The number of para-hydroxylation sites is 1. The Hall–Kier alpha value is -4.71. The summed E-state index contributed by atoms with van der Waals surface area (Å²) in [5.74, 6) is 2.03. The third-order valence-electron chi connectivity index (χ3n) is 6.81. The minimum Gasteiger partial charge on any atom is -0.497 e. The molecule has 6 heteroatoms. The Morgan fingerprint density at radius 1 is 0.973 bits per heavy atom. The maximum atomic E-state index is 5.49. The summed E-state index contributed by atoms with van der Waals surface area (Å²) in [4.78, 5) is 13.9. The fourth-order valence-electron chi connectivity index (χ4n) is 4.93. The molecule has 1 aliphatic carbocycles. The largest absolute Gasteiger partial charge is 0.497 e. The molecule has 5 aromatic rings. The van der Waals surface area contributed by atoms with E-state index in [1.165, 1.54) is 11.1 Å². The van der Waals surface area contributed by atoms with Crippen LogP contribution in [0.4, 0.5) is 11.5 Å². The lowest BCUT2D eigenvalue weighted by molar-refractivity contribution is 0.415. The number of rotatable bonds is 7. The predicted molar refractivity (Wildman–Crippen MR) is 149 cm³/mol. The molecule has 2 N–H and O–H groups in total. The first-order chi connectivity index (χ1) is 18.2. The Bertz CT molecular complexity index is 1600. The summed E-state index contributed by atoms with van der Waals surface area (Å²) in [6.45, 7) is 4.41. The second kappa shape index (κ2) is 9.74. The van der Waals surface area contributed by atoms with E-state index in [9.17, 15) is 0 Å². The maximum absolute atomic E-state index is 5.49. The minimum absolute atomic E-state index is 0.248. The number of pyridine rings is 1. The van der Waals surface area contributed by atoms with Gasteiger partial charge in [0.1, 0.15) is 11.6 Å². The van der Waals surface area contributed by atoms with Crippen LogP contribution >= 0.6 is 0 Å². The van der Waals surface area contributed by atoms with Gasteiger partial charge in [0.05, 0.1) is 18.7 Å². The summed E-state index contributed by atoms with van der Waals surface area (Å²) in [6.07, 6.45) is 5.64. The Morgan fingerprint density at radius 2 is 1.84 bits per heavy atom. The van der Waals surface area contributed by atoms with Crippen LogP contribution in [0.3, 0.4) is 0 Å². The van der Waals surface area contributed by atoms with Crippen molar-refractivity contribution < 1.29 is 4.74 Å². The Labute approximate surface area is 216 Å². The van der Waals surface area contributed by atoms with E-state index < -0.39 is 0 Å². The molecule has 6 rings (SSSR count). The lowest BCUT2D eigenvalue weighted by atomic mass is 10.1. The highest BCUT2D eigenvalue weighted by molar-refractivity contribution is 5.94. The van der Waals surface area contributed by atoms with Crippen LogP contribution < -0.4 is 15.4 Å². The van der Waals surface area contributed by atoms with Crippen molar-refractivity contribution in [1.29, 1.82) is 0 Å². The Morgan fingerprint density at radius 3 is 2.70 bits per heavy atom. The molecule has 1 unspecified atom stereocenters. The molecule has 182 valence electrons. The molecular formula is C31H27N5O. The highest BCUT2D eigenvalue weighted by Gasteiger charge is 2.23. The topological polar surface area (TPSA) is 72.0 Å². The second-order valence-electron chi connectivity index (χ2n) is 9.10. The van der Waals surface area contributed by atoms with E-state index in [0.717, 1.165) is 52.0 Å². The Kier molecular flexibility index (Phi) is 5.98. The highest BCUT2D eigenvalue weighted by Crippen LogP contribution is 2.35. The zero-order valence-corrected chi connectivity index (χ0v) is 20.6. The van der Waals surface area contributed by atoms with Gasteiger partial charge in [0.2, 0.25) is 0 Å². The van der Waals surface area contributed by atoms with Crippen molar-refractivity contribution >= 4 is 28.1 Å². The monoisotopic (exact) mass is 485 g/mol. The molecule has 0 spiro atoms. The third kappa shape index (κ3) is 4.49. The quantitative estimate of drug-likeness (QED) is 0.268. The standard InChI is InChI=1S/C31H27N5O/c1-20(33-28-15-13-21-8-3-4-11-25(21)28)24-10-5-6-12-27(24)35-31-26-18-23(37-2)14-16-29(26)34-30(36-31)22-9-7-17-32-19-22/h3-12,14,16-19,28,33H,1,13,15H2,2H3,(H,34,35,36).